The number of hydrogen-bond acceptors (Lipinski definition) is 3. The van der Waals surface area contributed by atoms with Crippen molar-refractivity contribution >= 4 is 0 Å². The van der Waals surface area contributed by atoms with Crippen LogP contribution >= 0.6 is 0 Å². The lowest BCUT2D eigenvalue weighted by Gasteiger charge is -2.29. The van der Waals surface area contributed by atoms with Crippen LogP contribution in [0.25, 0.3) is 0 Å². The number of hydrogen-bond donors (Lipinski definition) is 1. The summed E-state index contributed by atoms with van der Waals surface area (Å²) in [7, 11) is 2.01. The van der Waals surface area contributed by atoms with Crippen LogP contribution < -0.4 is 10.1 Å². The minimum absolute atomic E-state index is 0.418. The number of para-hydroxylation sites is 1. The third-order valence-corrected chi connectivity index (χ3v) is 3.58. The summed E-state index contributed by atoms with van der Waals surface area (Å²) >= 11 is 0. The predicted octanol–water partition coefficient (Wildman–Crippen LogP) is 2.57. The number of rotatable bonds is 6. The van der Waals surface area contributed by atoms with Gasteiger partial charge in [-0.1, -0.05) is 18.2 Å². The van der Waals surface area contributed by atoms with Crippen LogP contribution in [-0.4, -0.2) is 32.9 Å². The van der Waals surface area contributed by atoms with Gasteiger partial charge in [-0.25, -0.2) is 0 Å². The quantitative estimate of drug-likeness (QED) is 0.840. The molecule has 3 nitrogen and oxygen atoms in total. The SMILES string of the molecule is CCOCC(CC1CCOc2ccccc21)NC. The zero-order valence-electron chi connectivity index (χ0n) is 11.3. The molecule has 0 fully saturated rings. The molecule has 18 heavy (non-hydrogen) atoms. The Labute approximate surface area is 109 Å². The Morgan fingerprint density at radius 2 is 2.28 bits per heavy atom. The van der Waals surface area contributed by atoms with Gasteiger partial charge in [0.05, 0.1) is 13.2 Å². The zero-order chi connectivity index (χ0) is 12.8. The van der Waals surface area contributed by atoms with Gasteiger partial charge in [-0.05, 0) is 44.4 Å². The second-order valence-electron chi connectivity index (χ2n) is 4.75. The summed E-state index contributed by atoms with van der Waals surface area (Å²) in [4.78, 5) is 0. The van der Waals surface area contributed by atoms with E-state index in [0.29, 0.717) is 12.0 Å². The lowest BCUT2D eigenvalue weighted by molar-refractivity contribution is 0.117. The van der Waals surface area contributed by atoms with E-state index in [1.807, 2.05) is 20.0 Å². The van der Waals surface area contributed by atoms with Gasteiger partial charge in [0.1, 0.15) is 5.75 Å². The van der Waals surface area contributed by atoms with Crippen LogP contribution in [0.2, 0.25) is 0 Å². The molecule has 3 heteroatoms. The topological polar surface area (TPSA) is 30.5 Å². The molecule has 2 unspecified atom stereocenters. The first-order valence-corrected chi connectivity index (χ1v) is 6.81. The minimum Gasteiger partial charge on any atom is -0.493 e. The van der Waals surface area contributed by atoms with Crippen molar-refractivity contribution in [3.63, 3.8) is 0 Å². The summed E-state index contributed by atoms with van der Waals surface area (Å²) in [6.45, 7) is 4.43. The van der Waals surface area contributed by atoms with E-state index in [2.05, 4.69) is 23.5 Å². The van der Waals surface area contributed by atoms with Gasteiger partial charge in [-0.15, -0.1) is 0 Å². The summed E-state index contributed by atoms with van der Waals surface area (Å²) in [6, 6.07) is 8.81. The molecule has 1 N–H and O–H groups in total. The summed E-state index contributed by atoms with van der Waals surface area (Å²) in [5.74, 6) is 1.63. The van der Waals surface area contributed by atoms with Gasteiger partial charge < -0.3 is 14.8 Å². The highest BCUT2D eigenvalue weighted by molar-refractivity contribution is 5.37. The summed E-state index contributed by atoms with van der Waals surface area (Å²) in [5.41, 5.74) is 1.35. The average molecular weight is 249 g/mol. The summed E-state index contributed by atoms with van der Waals surface area (Å²) in [6.07, 6.45) is 2.21. The first-order valence-electron chi connectivity index (χ1n) is 6.81. The molecule has 1 aliphatic heterocycles. The smallest absolute Gasteiger partial charge is 0.122 e. The summed E-state index contributed by atoms with van der Waals surface area (Å²) < 4.78 is 11.2. The molecule has 0 saturated carbocycles. The van der Waals surface area contributed by atoms with Crippen molar-refractivity contribution in [1.29, 1.82) is 0 Å². The van der Waals surface area contributed by atoms with E-state index in [0.717, 1.165) is 38.4 Å². The van der Waals surface area contributed by atoms with E-state index >= 15 is 0 Å². The first-order chi connectivity index (χ1) is 8.85. The standard InChI is InChI=1S/C15H23NO2/c1-3-17-11-13(16-2)10-12-8-9-18-15-7-5-4-6-14(12)15/h4-7,12-13,16H,3,8-11H2,1-2H3. The third kappa shape index (κ3) is 3.24. The largest absolute Gasteiger partial charge is 0.493 e. The zero-order valence-corrected chi connectivity index (χ0v) is 11.3. The van der Waals surface area contributed by atoms with E-state index in [4.69, 9.17) is 9.47 Å². The van der Waals surface area contributed by atoms with Crippen LogP contribution in [0, 0.1) is 0 Å². The molecule has 0 bridgehead atoms. The molecule has 0 aromatic heterocycles. The van der Waals surface area contributed by atoms with Crippen LogP contribution in [0.3, 0.4) is 0 Å². The molecule has 0 aliphatic carbocycles. The maximum absolute atomic E-state index is 5.70. The molecule has 2 atom stereocenters. The fraction of sp³-hybridized carbons (Fsp3) is 0.600. The van der Waals surface area contributed by atoms with Crippen molar-refractivity contribution < 1.29 is 9.47 Å². The van der Waals surface area contributed by atoms with Crippen molar-refractivity contribution in [2.75, 3.05) is 26.9 Å². The molecule has 0 spiro atoms. The highest BCUT2D eigenvalue weighted by Gasteiger charge is 2.23. The minimum atomic E-state index is 0.418. The third-order valence-electron chi connectivity index (χ3n) is 3.58. The molecule has 0 amide bonds. The Morgan fingerprint density at radius 1 is 1.44 bits per heavy atom. The Bertz CT molecular complexity index is 367. The molecule has 1 aromatic carbocycles. The van der Waals surface area contributed by atoms with Gasteiger partial charge in [0.2, 0.25) is 0 Å². The van der Waals surface area contributed by atoms with Crippen molar-refractivity contribution in [1.82, 2.24) is 5.32 Å². The van der Waals surface area contributed by atoms with Crippen molar-refractivity contribution in [3.8, 4) is 5.75 Å². The van der Waals surface area contributed by atoms with Gasteiger partial charge in [-0.3, -0.25) is 0 Å². The molecule has 1 aromatic rings. The number of benzene rings is 1. The number of likely N-dealkylation sites (N-methyl/N-ethyl adjacent to an activating group) is 1. The second kappa shape index (κ2) is 6.76. The van der Waals surface area contributed by atoms with Crippen LogP contribution in [0.4, 0.5) is 0 Å². The van der Waals surface area contributed by atoms with Crippen molar-refractivity contribution in [2.45, 2.75) is 31.7 Å². The van der Waals surface area contributed by atoms with E-state index in [1.54, 1.807) is 0 Å². The monoisotopic (exact) mass is 249 g/mol. The number of nitrogens with one attached hydrogen (secondary N) is 1. The van der Waals surface area contributed by atoms with Gasteiger partial charge in [0, 0.05) is 12.6 Å². The Balaban J connectivity index is 2.01. The van der Waals surface area contributed by atoms with Crippen LogP contribution in [-0.2, 0) is 4.74 Å². The van der Waals surface area contributed by atoms with E-state index in [1.165, 1.54) is 5.56 Å². The van der Waals surface area contributed by atoms with Gasteiger partial charge in [0.15, 0.2) is 0 Å². The normalized spacial score (nSPS) is 20.0. The van der Waals surface area contributed by atoms with Gasteiger partial charge in [0.25, 0.3) is 0 Å². The lowest BCUT2D eigenvalue weighted by Crippen LogP contribution is -2.33. The summed E-state index contributed by atoms with van der Waals surface area (Å²) in [5, 5.41) is 3.35. The Morgan fingerprint density at radius 3 is 3.06 bits per heavy atom. The molecule has 0 radical (unpaired) electrons. The van der Waals surface area contributed by atoms with Crippen molar-refractivity contribution in [3.05, 3.63) is 29.8 Å². The molecule has 0 saturated heterocycles. The van der Waals surface area contributed by atoms with Crippen LogP contribution in [0.5, 0.6) is 5.75 Å². The van der Waals surface area contributed by atoms with Crippen molar-refractivity contribution in [2.24, 2.45) is 0 Å². The fourth-order valence-electron chi connectivity index (χ4n) is 2.53. The molecule has 1 heterocycles. The highest BCUT2D eigenvalue weighted by atomic mass is 16.5. The Hall–Kier alpha value is -1.06. The van der Waals surface area contributed by atoms with E-state index < -0.39 is 0 Å². The van der Waals surface area contributed by atoms with Gasteiger partial charge in [-0.2, -0.15) is 0 Å². The van der Waals surface area contributed by atoms with Gasteiger partial charge >= 0.3 is 0 Å². The molecular formula is C15H23NO2. The van der Waals surface area contributed by atoms with Crippen LogP contribution in [0.1, 0.15) is 31.2 Å². The molecule has 1 aliphatic rings. The van der Waals surface area contributed by atoms with Crippen LogP contribution in [0.15, 0.2) is 24.3 Å². The second-order valence-corrected chi connectivity index (χ2v) is 4.75. The fourth-order valence-corrected chi connectivity index (χ4v) is 2.53. The molecule has 100 valence electrons. The maximum Gasteiger partial charge on any atom is 0.122 e. The highest BCUT2D eigenvalue weighted by Crippen LogP contribution is 2.36. The first kappa shape index (κ1) is 13.4. The number of ether oxygens (including phenoxy) is 2. The van der Waals surface area contributed by atoms with E-state index in [9.17, 15) is 0 Å². The number of fused-ring (bicyclic) bond motifs is 1. The average Bonchev–Trinajstić information content (AvgIpc) is 2.43. The predicted molar refractivity (Wildman–Crippen MR) is 73.3 cm³/mol. The van der Waals surface area contributed by atoms with E-state index in [-0.39, 0.29) is 0 Å². The lowest BCUT2D eigenvalue weighted by atomic mass is 9.87. The molecule has 2 rings (SSSR count). The Kier molecular flexibility index (Phi) is 5.02. The molecular weight excluding hydrogens is 226 g/mol. The maximum atomic E-state index is 5.70.